The Bertz CT molecular complexity index is 729. The molecule has 2 aromatic rings. The smallest absolute Gasteiger partial charge is 0.423 e. The summed E-state index contributed by atoms with van der Waals surface area (Å²) < 4.78 is 42.0. The molecule has 5 nitrogen and oxygen atoms in total. The molecule has 8 heteroatoms. The molecule has 0 unspecified atom stereocenters. The number of benzene rings is 1. The van der Waals surface area contributed by atoms with Gasteiger partial charge >= 0.3 is 12.1 Å². The van der Waals surface area contributed by atoms with Crippen molar-refractivity contribution in [1.29, 1.82) is 0 Å². The Labute approximate surface area is 102 Å². The zero-order chi connectivity index (χ0) is 14.4. The monoisotopic (exact) mass is 274 g/mol. The number of phenolic OH excluding ortho intramolecular Hbond substituents is 1. The lowest BCUT2D eigenvalue weighted by Gasteiger charge is -2.07. The van der Waals surface area contributed by atoms with Gasteiger partial charge in [0.1, 0.15) is 28.5 Å². The lowest BCUT2D eigenvalue weighted by atomic mass is 10.1. The van der Waals surface area contributed by atoms with Gasteiger partial charge in [0.25, 0.3) is 0 Å². The number of halogens is 3. The first-order valence-electron chi connectivity index (χ1n) is 4.81. The van der Waals surface area contributed by atoms with E-state index >= 15 is 0 Å². The molecule has 0 saturated heterocycles. The molecule has 0 amide bonds. The number of aromatic carboxylic acids is 1. The molecule has 0 fully saturated rings. The van der Waals surface area contributed by atoms with E-state index in [1.165, 1.54) is 0 Å². The Balaban J connectivity index is 2.86. The minimum Gasteiger partial charge on any atom is -0.507 e. The number of carboxylic acid groups (broad SMARTS) is 1. The SMILES string of the molecule is O=C(O)c1cc(O)c2c(=O)c(C(F)(F)F)coc2c1. The first-order valence-corrected chi connectivity index (χ1v) is 4.81. The van der Waals surface area contributed by atoms with Gasteiger partial charge in [0.05, 0.1) is 5.56 Å². The molecule has 0 saturated carbocycles. The Hall–Kier alpha value is -2.51. The van der Waals surface area contributed by atoms with E-state index in [1.807, 2.05) is 0 Å². The predicted molar refractivity (Wildman–Crippen MR) is 56.1 cm³/mol. The van der Waals surface area contributed by atoms with Crippen molar-refractivity contribution in [1.82, 2.24) is 0 Å². The van der Waals surface area contributed by atoms with E-state index in [2.05, 4.69) is 4.42 Å². The van der Waals surface area contributed by atoms with Gasteiger partial charge in [0.2, 0.25) is 5.43 Å². The molecule has 0 radical (unpaired) electrons. The van der Waals surface area contributed by atoms with Crippen molar-refractivity contribution < 1.29 is 32.6 Å². The van der Waals surface area contributed by atoms with E-state index in [1.54, 1.807) is 0 Å². The van der Waals surface area contributed by atoms with Crippen LogP contribution in [0.25, 0.3) is 11.0 Å². The molecule has 0 bridgehead atoms. The van der Waals surface area contributed by atoms with Crippen LogP contribution in [-0.2, 0) is 6.18 Å². The maximum absolute atomic E-state index is 12.5. The van der Waals surface area contributed by atoms with Gasteiger partial charge < -0.3 is 14.6 Å². The van der Waals surface area contributed by atoms with Crippen LogP contribution in [0.15, 0.2) is 27.6 Å². The van der Waals surface area contributed by atoms with Gasteiger partial charge in [-0.25, -0.2) is 4.79 Å². The van der Waals surface area contributed by atoms with Gasteiger partial charge in [-0.2, -0.15) is 13.2 Å². The van der Waals surface area contributed by atoms with Crippen molar-refractivity contribution in [2.24, 2.45) is 0 Å². The molecular weight excluding hydrogens is 269 g/mol. The van der Waals surface area contributed by atoms with E-state index in [0.717, 1.165) is 6.07 Å². The Morgan fingerprint density at radius 1 is 1.26 bits per heavy atom. The topological polar surface area (TPSA) is 87.7 Å². The predicted octanol–water partition coefficient (Wildman–Crippen LogP) is 2.22. The summed E-state index contributed by atoms with van der Waals surface area (Å²) in [5, 5.41) is 17.5. The molecule has 2 rings (SSSR count). The second-order valence-corrected chi connectivity index (χ2v) is 3.65. The van der Waals surface area contributed by atoms with Crippen molar-refractivity contribution in [3.8, 4) is 5.75 Å². The summed E-state index contributed by atoms with van der Waals surface area (Å²) in [6, 6.07) is 1.54. The zero-order valence-corrected chi connectivity index (χ0v) is 8.99. The van der Waals surface area contributed by atoms with Gasteiger partial charge in [-0.3, -0.25) is 4.79 Å². The summed E-state index contributed by atoms with van der Waals surface area (Å²) in [6.45, 7) is 0. The number of carbonyl (C=O) groups is 1. The second kappa shape index (κ2) is 4.01. The van der Waals surface area contributed by atoms with E-state index < -0.39 is 45.4 Å². The van der Waals surface area contributed by atoms with Gasteiger partial charge in [-0.15, -0.1) is 0 Å². The normalized spacial score (nSPS) is 11.7. The van der Waals surface area contributed by atoms with Crippen LogP contribution in [0.3, 0.4) is 0 Å². The Morgan fingerprint density at radius 2 is 1.89 bits per heavy atom. The van der Waals surface area contributed by atoms with Crippen LogP contribution in [0, 0.1) is 0 Å². The first-order chi connectivity index (χ1) is 8.71. The van der Waals surface area contributed by atoms with E-state index in [4.69, 9.17) is 5.11 Å². The molecule has 0 spiro atoms. The highest BCUT2D eigenvalue weighted by Crippen LogP contribution is 2.31. The van der Waals surface area contributed by atoms with E-state index in [0.29, 0.717) is 6.07 Å². The van der Waals surface area contributed by atoms with Crippen molar-refractivity contribution in [3.63, 3.8) is 0 Å². The van der Waals surface area contributed by atoms with Crippen LogP contribution in [0.2, 0.25) is 0 Å². The van der Waals surface area contributed by atoms with Crippen LogP contribution in [0.1, 0.15) is 15.9 Å². The van der Waals surface area contributed by atoms with E-state index in [-0.39, 0.29) is 6.26 Å². The Kier molecular flexibility index (Phi) is 2.73. The highest BCUT2D eigenvalue weighted by atomic mass is 19.4. The van der Waals surface area contributed by atoms with E-state index in [9.17, 15) is 27.9 Å². The lowest BCUT2D eigenvalue weighted by molar-refractivity contribution is -0.139. The highest BCUT2D eigenvalue weighted by Gasteiger charge is 2.35. The average Bonchev–Trinajstić information content (AvgIpc) is 2.26. The minimum absolute atomic E-state index is 0.190. The van der Waals surface area contributed by atoms with Crippen LogP contribution in [-0.4, -0.2) is 16.2 Å². The molecule has 2 N–H and O–H groups in total. The number of rotatable bonds is 1. The van der Waals surface area contributed by atoms with Crippen molar-refractivity contribution in [3.05, 3.63) is 39.7 Å². The number of hydrogen-bond acceptors (Lipinski definition) is 4. The third-order valence-electron chi connectivity index (χ3n) is 2.41. The van der Waals surface area contributed by atoms with Gasteiger partial charge in [-0.05, 0) is 12.1 Å². The molecule has 0 aliphatic rings. The number of carboxylic acids is 1. The number of fused-ring (bicyclic) bond motifs is 1. The minimum atomic E-state index is -4.92. The lowest BCUT2D eigenvalue weighted by Crippen LogP contribution is -2.19. The van der Waals surface area contributed by atoms with Crippen molar-refractivity contribution in [2.45, 2.75) is 6.18 Å². The number of aromatic hydroxyl groups is 1. The fourth-order valence-electron chi connectivity index (χ4n) is 1.55. The summed E-state index contributed by atoms with van der Waals surface area (Å²) in [5.41, 5.74) is -3.88. The third kappa shape index (κ3) is 2.12. The molecule has 0 aliphatic carbocycles. The number of phenols is 1. The second-order valence-electron chi connectivity index (χ2n) is 3.65. The molecule has 1 aromatic heterocycles. The Morgan fingerprint density at radius 3 is 2.42 bits per heavy atom. The first kappa shape index (κ1) is 12.9. The summed E-state index contributed by atoms with van der Waals surface area (Å²) in [5.74, 6) is -2.30. The summed E-state index contributed by atoms with van der Waals surface area (Å²) in [4.78, 5) is 22.3. The van der Waals surface area contributed by atoms with Crippen LogP contribution in [0.4, 0.5) is 13.2 Å². The molecule has 100 valence electrons. The molecule has 19 heavy (non-hydrogen) atoms. The molecule has 1 heterocycles. The summed E-state index contributed by atoms with van der Waals surface area (Å²) in [6.07, 6.45) is -4.73. The summed E-state index contributed by atoms with van der Waals surface area (Å²) >= 11 is 0. The molecule has 1 aromatic carbocycles. The fourth-order valence-corrected chi connectivity index (χ4v) is 1.55. The third-order valence-corrected chi connectivity index (χ3v) is 2.41. The largest absolute Gasteiger partial charge is 0.507 e. The van der Waals surface area contributed by atoms with Gasteiger partial charge in [0.15, 0.2) is 0 Å². The maximum atomic E-state index is 12.5. The molecule has 0 aliphatic heterocycles. The molecule has 0 atom stereocenters. The van der Waals surface area contributed by atoms with Crippen LogP contribution >= 0.6 is 0 Å². The average molecular weight is 274 g/mol. The summed E-state index contributed by atoms with van der Waals surface area (Å²) in [7, 11) is 0. The van der Waals surface area contributed by atoms with Gasteiger partial charge in [-0.1, -0.05) is 0 Å². The quantitative estimate of drug-likeness (QED) is 0.832. The van der Waals surface area contributed by atoms with Crippen LogP contribution < -0.4 is 5.43 Å². The maximum Gasteiger partial charge on any atom is 0.423 e. The van der Waals surface area contributed by atoms with Crippen molar-refractivity contribution in [2.75, 3.05) is 0 Å². The molecular formula is C11H5F3O5. The standard InChI is InChI=1S/C11H5F3O5/c12-11(13,14)5-3-19-7-2-4(10(17)18)1-6(15)8(7)9(5)16/h1-3,15H,(H,17,18). The number of hydrogen-bond donors (Lipinski definition) is 2. The fraction of sp³-hybridized carbons (Fsp3) is 0.0909. The number of alkyl halides is 3. The van der Waals surface area contributed by atoms with Crippen LogP contribution in [0.5, 0.6) is 5.75 Å². The van der Waals surface area contributed by atoms with Gasteiger partial charge in [0, 0.05) is 0 Å². The highest BCUT2D eigenvalue weighted by molar-refractivity contribution is 5.95. The zero-order valence-electron chi connectivity index (χ0n) is 8.99. The van der Waals surface area contributed by atoms with Crippen molar-refractivity contribution >= 4 is 16.9 Å².